The van der Waals surface area contributed by atoms with E-state index in [4.69, 9.17) is 21.7 Å². The van der Waals surface area contributed by atoms with Gasteiger partial charge in [-0.1, -0.05) is 65.2 Å². The van der Waals surface area contributed by atoms with E-state index in [1.807, 2.05) is 100 Å². The Kier molecular flexibility index (Phi) is 9.08. The number of hydrogen-bond acceptors (Lipinski definition) is 5. The number of thiocarbonyl (C=S) groups is 1. The summed E-state index contributed by atoms with van der Waals surface area (Å²) in [4.78, 5) is 30.7. The van der Waals surface area contributed by atoms with Gasteiger partial charge in [-0.05, 0) is 109 Å². The molecule has 0 N–H and O–H groups in total. The summed E-state index contributed by atoms with van der Waals surface area (Å²) in [6, 6.07) is 26.6. The number of benzene rings is 4. The van der Waals surface area contributed by atoms with Crippen molar-refractivity contribution >= 4 is 62.5 Å². The lowest BCUT2D eigenvalue weighted by molar-refractivity contribution is -0.120. The first-order valence-corrected chi connectivity index (χ1v) is 15.1. The second-order valence-electron chi connectivity index (χ2n) is 10.3. The van der Waals surface area contributed by atoms with E-state index >= 15 is 0 Å². The van der Waals surface area contributed by atoms with E-state index in [1.165, 1.54) is 15.4 Å². The van der Waals surface area contributed by atoms with Gasteiger partial charge in [0.2, 0.25) is 0 Å². The van der Waals surface area contributed by atoms with Gasteiger partial charge in [0.05, 0.1) is 22.5 Å². The Morgan fingerprint density at radius 3 is 1.72 bits per heavy atom. The summed E-state index contributed by atoms with van der Waals surface area (Å²) in [5.41, 5.74) is 5.99. The second kappa shape index (κ2) is 12.9. The van der Waals surface area contributed by atoms with E-state index in [2.05, 4.69) is 15.9 Å². The molecule has 4 aromatic rings. The number of ether oxygens (including phenoxy) is 2. The summed E-state index contributed by atoms with van der Waals surface area (Å²) in [5, 5.41) is 0.0934. The maximum atomic E-state index is 14.0. The molecule has 0 bridgehead atoms. The van der Waals surface area contributed by atoms with Crippen LogP contribution in [0.5, 0.6) is 11.5 Å². The third kappa shape index (κ3) is 6.55. The average Bonchev–Trinajstić information content (AvgIpc) is 2.98. The van der Waals surface area contributed by atoms with Gasteiger partial charge in [0.1, 0.15) is 12.2 Å². The van der Waals surface area contributed by atoms with Crippen molar-refractivity contribution in [2.75, 3.05) is 16.4 Å². The fraction of sp³-hybridized carbons (Fsp3) is 0.171. The Bertz CT molecular complexity index is 1650. The average molecular weight is 656 g/mol. The fourth-order valence-corrected chi connectivity index (χ4v) is 5.60. The van der Waals surface area contributed by atoms with Gasteiger partial charge in [0, 0.05) is 0 Å². The molecule has 0 aromatic heterocycles. The predicted molar refractivity (Wildman–Crippen MR) is 179 cm³/mol. The molecule has 0 atom stereocenters. The van der Waals surface area contributed by atoms with Crippen molar-refractivity contribution < 1.29 is 19.1 Å². The molecule has 1 heterocycles. The Balaban J connectivity index is 1.56. The Labute approximate surface area is 265 Å². The van der Waals surface area contributed by atoms with Crippen LogP contribution >= 0.6 is 28.1 Å². The summed E-state index contributed by atoms with van der Waals surface area (Å²) in [6.45, 7) is 8.62. The molecule has 218 valence electrons. The molecule has 43 heavy (non-hydrogen) atoms. The highest BCUT2D eigenvalue weighted by Gasteiger charge is 2.41. The molecule has 0 saturated carbocycles. The molecule has 8 heteroatoms. The Hall–Kier alpha value is -4.27. The van der Waals surface area contributed by atoms with Crippen LogP contribution in [0.2, 0.25) is 0 Å². The van der Waals surface area contributed by atoms with Crippen molar-refractivity contribution in [3.8, 4) is 11.5 Å². The predicted octanol–water partition coefficient (Wildman–Crippen LogP) is 8.10. The highest BCUT2D eigenvalue weighted by atomic mass is 79.9. The highest BCUT2D eigenvalue weighted by molar-refractivity contribution is 9.10. The first kappa shape index (κ1) is 30.2. The number of amides is 2. The zero-order valence-electron chi connectivity index (χ0n) is 24.4. The largest absolute Gasteiger partial charge is 0.490 e. The third-order valence-corrected chi connectivity index (χ3v) is 7.93. The number of anilines is 2. The SMILES string of the molecule is CCOc1cc(C=C2C(=O)N(c3ccc(C)cc3)C(=S)N(c3ccc(C)cc3)C2=O)cc(Br)c1OCc1ccc(C)cc1. The van der Waals surface area contributed by atoms with E-state index in [0.717, 1.165) is 16.7 Å². The van der Waals surface area contributed by atoms with Gasteiger partial charge < -0.3 is 9.47 Å². The summed E-state index contributed by atoms with van der Waals surface area (Å²) in [6.07, 6.45) is 1.58. The Morgan fingerprint density at radius 1 is 0.744 bits per heavy atom. The summed E-state index contributed by atoms with van der Waals surface area (Å²) >= 11 is 9.38. The van der Waals surface area contributed by atoms with Crippen LogP contribution < -0.4 is 19.3 Å². The van der Waals surface area contributed by atoms with E-state index in [9.17, 15) is 9.59 Å². The minimum Gasteiger partial charge on any atom is -0.490 e. The normalized spacial score (nSPS) is 13.4. The van der Waals surface area contributed by atoms with Crippen LogP contribution in [0.3, 0.4) is 0 Å². The topological polar surface area (TPSA) is 59.1 Å². The minimum absolute atomic E-state index is 0.0302. The van der Waals surface area contributed by atoms with Crippen LogP contribution in [0, 0.1) is 20.8 Å². The summed E-state index contributed by atoms with van der Waals surface area (Å²) < 4.78 is 12.7. The lowest BCUT2D eigenvalue weighted by Crippen LogP contribution is -2.56. The standard InChI is InChI=1S/C35H31BrN2O4S/c1-5-41-31-20-26(19-30(36)32(31)42-21-25-12-6-22(2)7-13-25)18-29-33(39)37(27-14-8-23(3)9-15-27)35(43)38(34(29)40)28-16-10-24(4)11-17-28/h6-20H,5,21H2,1-4H3. The van der Waals surface area contributed by atoms with Crippen molar-refractivity contribution in [3.63, 3.8) is 0 Å². The van der Waals surface area contributed by atoms with Gasteiger partial charge in [-0.3, -0.25) is 19.4 Å². The maximum Gasteiger partial charge on any atom is 0.270 e. The lowest BCUT2D eigenvalue weighted by atomic mass is 10.0. The molecule has 0 spiro atoms. The molecule has 0 radical (unpaired) electrons. The molecular formula is C35H31BrN2O4S. The monoisotopic (exact) mass is 654 g/mol. The lowest BCUT2D eigenvalue weighted by Gasteiger charge is -2.36. The molecule has 1 aliphatic heterocycles. The molecule has 1 aliphatic rings. The molecule has 6 nitrogen and oxygen atoms in total. The van der Waals surface area contributed by atoms with Gasteiger partial charge in [0.25, 0.3) is 11.8 Å². The van der Waals surface area contributed by atoms with E-state index in [-0.39, 0.29) is 10.7 Å². The van der Waals surface area contributed by atoms with E-state index < -0.39 is 11.8 Å². The summed E-state index contributed by atoms with van der Waals surface area (Å²) in [5.74, 6) is 0.0226. The van der Waals surface area contributed by atoms with Crippen LogP contribution in [0.4, 0.5) is 11.4 Å². The zero-order chi connectivity index (χ0) is 30.7. The smallest absolute Gasteiger partial charge is 0.270 e. The van der Waals surface area contributed by atoms with Gasteiger partial charge >= 0.3 is 0 Å². The number of carbonyl (C=O) groups excluding carboxylic acids is 2. The minimum atomic E-state index is -0.504. The van der Waals surface area contributed by atoms with Crippen molar-refractivity contribution in [2.24, 2.45) is 0 Å². The van der Waals surface area contributed by atoms with Gasteiger partial charge in [-0.15, -0.1) is 0 Å². The van der Waals surface area contributed by atoms with Gasteiger partial charge in [-0.25, -0.2) is 0 Å². The van der Waals surface area contributed by atoms with Crippen LogP contribution in [0.1, 0.15) is 34.7 Å². The molecular weight excluding hydrogens is 624 g/mol. The fourth-order valence-electron chi connectivity index (χ4n) is 4.65. The molecule has 1 fully saturated rings. The molecule has 0 aliphatic carbocycles. The number of nitrogens with zero attached hydrogens (tertiary/aromatic N) is 2. The highest BCUT2D eigenvalue weighted by Crippen LogP contribution is 2.39. The van der Waals surface area contributed by atoms with Crippen molar-refractivity contribution in [1.82, 2.24) is 0 Å². The Morgan fingerprint density at radius 2 is 1.23 bits per heavy atom. The first-order chi connectivity index (χ1) is 20.7. The third-order valence-electron chi connectivity index (χ3n) is 6.98. The molecule has 4 aromatic carbocycles. The van der Waals surface area contributed by atoms with E-state index in [1.54, 1.807) is 18.2 Å². The van der Waals surface area contributed by atoms with Gasteiger partial charge in [0.15, 0.2) is 16.6 Å². The molecule has 0 unspecified atom stereocenters. The van der Waals surface area contributed by atoms with Crippen LogP contribution in [0.15, 0.2) is 95.0 Å². The molecule has 2 amide bonds. The number of carbonyl (C=O) groups is 2. The summed E-state index contributed by atoms with van der Waals surface area (Å²) in [7, 11) is 0. The quantitative estimate of drug-likeness (QED) is 0.109. The van der Waals surface area contributed by atoms with Crippen molar-refractivity contribution in [2.45, 2.75) is 34.3 Å². The number of aryl methyl sites for hydroxylation is 3. The van der Waals surface area contributed by atoms with Crippen molar-refractivity contribution in [3.05, 3.63) is 123 Å². The van der Waals surface area contributed by atoms with Crippen LogP contribution in [0.25, 0.3) is 6.08 Å². The number of halogens is 1. The number of rotatable bonds is 8. The number of hydrogen-bond donors (Lipinski definition) is 0. The van der Waals surface area contributed by atoms with E-state index in [0.29, 0.717) is 46.1 Å². The first-order valence-electron chi connectivity index (χ1n) is 13.9. The van der Waals surface area contributed by atoms with Gasteiger partial charge in [-0.2, -0.15) is 0 Å². The maximum absolute atomic E-state index is 14.0. The molecule has 5 rings (SSSR count). The molecule has 1 saturated heterocycles. The van der Waals surface area contributed by atoms with Crippen LogP contribution in [-0.4, -0.2) is 23.5 Å². The second-order valence-corrected chi connectivity index (χ2v) is 11.5. The van der Waals surface area contributed by atoms with Crippen molar-refractivity contribution in [1.29, 1.82) is 0 Å². The van der Waals surface area contributed by atoms with Crippen LogP contribution in [-0.2, 0) is 16.2 Å². The zero-order valence-corrected chi connectivity index (χ0v) is 26.8.